The summed E-state index contributed by atoms with van der Waals surface area (Å²) < 4.78 is 5.10. The smallest absolute Gasteiger partial charge is 0.273 e. The molecule has 0 unspecified atom stereocenters. The second-order valence-electron chi connectivity index (χ2n) is 5.81. The van der Waals surface area contributed by atoms with E-state index in [0.29, 0.717) is 16.3 Å². The van der Waals surface area contributed by atoms with Crippen molar-refractivity contribution in [3.8, 4) is 17.0 Å². The number of ether oxygens (including phenoxy) is 1. The van der Waals surface area contributed by atoms with Crippen LogP contribution in [0.4, 0.5) is 0 Å². The molecule has 0 aliphatic heterocycles. The third-order valence-electron chi connectivity index (χ3n) is 3.95. The van der Waals surface area contributed by atoms with Crippen LogP contribution in [0.25, 0.3) is 11.3 Å². The minimum Gasteiger partial charge on any atom is -0.497 e. The number of halogens is 1. The van der Waals surface area contributed by atoms with E-state index < -0.39 is 0 Å². The average molecular weight is 380 g/mol. The molecule has 0 aliphatic rings. The molecule has 0 radical (unpaired) electrons. The topological polar surface area (TPSA) is 63.6 Å². The molecule has 6 heteroatoms. The molecule has 0 saturated heterocycles. The first-order chi connectivity index (χ1) is 13.1. The Bertz CT molecular complexity index is 985. The van der Waals surface area contributed by atoms with Crippen LogP contribution >= 0.6 is 11.6 Å². The van der Waals surface area contributed by atoms with Crippen LogP contribution in [-0.4, -0.2) is 24.2 Å². The zero-order chi connectivity index (χ0) is 19.2. The molecule has 1 N–H and O–H groups in total. The molecule has 0 fully saturated rings. The lowest BCUT2D eigenvalue weighted by molar-refractivity contribution is 0.0954. The van der Waals surface area contributed by atoms with Crippen molar-refractivity contribution < 1.29 is 9.53 Å². The molecule has 0 bridgehead atoms. The van der Waals surface area contributed by atoms with Gasteiger partial charge in [0.2, 0.25) is 0 Å². The quantitative estimate of drug-likeness (QED) is 0.525. The highest BCUT2D eigenvalue weighted by molar-refractivity contribution is 6.30. The number of carbonyl (C=O) groups excluding carboxylic acids is 1. The zero-order valence-corrected chi connectivity index (χ0v) is 15.7. The molecule has 0 spiro atoms. The number of methoxy groups -OCH3 is 1. The van der Waals surface area contributed by atoms with Gasteiger partial charge in [-0.05, 0) is 61.0 Å². The maximum atomic E-state index is 12.4. The van der Waals surface area contributed by atoms with E-state index in [1.54, 1.807) is 38.4 Å². The minimum atomic E-state index is -0.317. The van der Waals surface area contributed by atoms with Crippen molar-refractivity contribution in [3.05, 3.63) is 82.5 Å². The van der Waals surface area contributed by atoms with Crippen LogP contribution < -0.4 is 10.2 Å². The summed E-state index contributed by atoms with van der Waals surface area (Å²) in [4.78, 5) is 16.9. The summed E-state index contributed by atoms with van der Waals surface area (Å²) in [6.07, 6.45) is 1.57. The Morgan fingerprint density at radius 1 is 1.15 bits per heavy atom. The number of nitrogens with zero attached hydrogens (tertiary/aromatic N) is 2. The number of carbonyl (C=O) groups is 1. The summed E-state index contributed by atoms with van der Waals surface area (Å²) in [6.45, 7) is 1.79. The lowest BCUT2D eigenvalue weighted by Gasteiger charge is -2.07. The number of aromatic nitrogens is 1. The normalized spacial score (nSPS) is 10.8. The zero-order valence-electron chi connectivity index (χ0n) is 14.9. The molecule has 27 heavy (non-hydrogen) atoms. The summed E-state index contributed by atoms with van der Waals surface area (Å²) in [5, 5.41) is 4.64. The van der Waals surface area contributed by atoms with Crippen LogP contribution in [0.5, 0.6) is 5.75 Å². The number of hydrazone groups is 1. The predicted molar refractivity (Wildman–Crippen MR) is 107 cm³/mol. The second-order valence-corrected chi connectivity index (χ2v) is 6.25. The van der Waals surface area contributed by atoms with Crippen LogP contribution in [0, 0.1) is 6.92 Å². The molecule has 3 aromatic rings. The lowest BCUT2D eigenvalue weighted by atomic mass is 10.1. The van der Waals surface area contributed by atoms with Gasteiger partial charge in [-0.2, -0.15) is 5.10 Å². The van der Waals surface area contributed by atoms with Gasteiger partial charge < -0.3 is 4.74 Å². The molecule has 0 saturated carbocycles. The fraction of sp³-hybridized carbons (Fsp3) is 0.0952. The molecule has 0 aliphatic carbocycles. The summed E-state index contributed by atoms with van der Waals surface area (Å²) >= 11 is 6.03. The number of benzene rings is 2. The van der Waals surface area contributed by atoms with Crippen molar-refractivity contribution >= 4 is 23.7 Å². The highest BCUT2D eigenvalue weighted by Gasteiger charge is 2.11. The van der Waals surface area contributed by atoms with Gasteiger partial charge in [-0.1, -0.05) is 23.7 Å². The number of amides is 1. The second kappa shape index (κ2) is 8.47. The largest absolute Gasteiger partial charge is 0.497 e. The fourth-order valence-electron chi connectivity index (χ4n) is 2.53. The van der Waals surface area contributed by atoms with Gasteiger partial charge in [0.25, 0.3) is 5.91 Å². The van der Waals surface area contributed by atoms with E-state index in [9.17, 15) is 4.79 Å². The highest BCUT2D eigenvalue weighted by atomic mass is 35.5. The Morgan fingerprint density at radius 2 is 1.93 bits per heavy atom. The fourth-order valence-corrected chi connectivity index (χ4v) is 2.72. The van der Waals surface area contributed by atoms with E-state index in [1.807, 2.05) is 42.5 Å². The van der Waals surface area contributed by atoms with Gasteiger partial charge in [0.05, 0.1) is 30.3 Å². The van der Waals surface area contributed by atoms with Crippen molar-refractivity contribution in [1.82, 2.24) is 10.4 Å². The van der Waals surface area contributed by atoms with Gasteiger partial charge in [0.15, 0.2) is 0 Å². The number of rotatable bonds is 5. The van der Waals surface area contributed by atoms with Gasteiger partial charge in [0.1, 0.15) is 5.75 Å². The maximum Gasteiger partial charge on any atom is 0.273 e. The SMILES string of the molecule is COc1ccc(/C=N/NC(=O)c2ccc(-c3cccc(Cl)c3)nc2C)cc1. The van der Waals surface area contributed by atoms with Gasteiger partial charge in [-0.15, -0.1) is 0 Å². The molecule has 3 rings (SSSR count). The van der Waals surface area contributed by atoms with Gasteiger partial charge >= 0.3 is 0 Å². The third-order valence-corrected chi connectivity index (χ3v) is 4.18. The van der Waals surface area contributed by atoms with Gasteiger partial charge in [-0.3, -0.25) is 9.78 Å². The van der Waals surface area contributed by atoms with Gasteiger partial charge in [-0.25, -0.2) is 5.43 Å². The van der Waals surface area contributed by atoms with Crippen LogP contribution in [0.1, 0.15) is 21.6 Å². The molecule has 1 heterocycles. The summed E-state index contributed by atoms with van der Waals surface area (Å²) in [6, 6.07) is 18.3. The maximum absolute atomic E-state index is 12.4. The first-order valence-corrected chi connectivity index (χ1v) is 8.65. The monoisotopic (exact) mass is 379 g/mol. The van der Waals surface area contributed by atoms with Crippen molar-refractivity contribution in [1.29, 1.82) is 0 Å². The molecule has 1 aromatic heterocycles. The van der Waals surface area contributed by atoms with Crippen LogP contribution in [0.3, 0.4) is 0 Å². The number of pyridine rings is 1. The molecule has 1 amide bonds. The van der Waals surface area contributed by atoms with E-state index in [4.69, 9.17) is 16.3 Å². The van der Waals surface area contributed by atoms with Gasteiger partial charge in [0, 0.05) is 10.6 Å². The predicted octanol–water partition coefficient (Wildman–Crippen LogP) is 4.48. The Labute approximate surface area is 162 Å². The van der Waals surface area contributed by atoms with E-state index in [-0.39, 0.29) is 5.91 Å². The van der Waals surface area contributed by atoms with Crippen LogP contribution in [0.2, 0.25) is 5.02 Å². The van der Waals surface area contributed by atoms with Crippen molar-refractivity contribution in [2.24, 2.45) is 5.10 Å². The Balaban J connectivity index is 1.70. The van der Waals surface area contributed by atoms with Crippen molar-refractivity contribution in [2.45, 2.75) is 6.92 Å². The lowest BCUT2D eigenvalue weighted by Crippen LogP contribution is -2.19. The molecule has 136 valence electrons. The first-order valence-electron chi connectivity index (χ1n) is 8.28. The summed E-state index contributed by atoms with van der Waals surface area (Å²) in [5.41, 5.74) is 6.11. The number of aryl methyl sites for hydroxylation is 1. The highest BCUT2D eigenvalue weighted by Crippen LogP contribution is 2.22. The standard InChI is InChI=1S/C21H18ClN3O2/c1-14-19(10-11-20(24-14)16-4-3-5-17(22)12-16)21(26)25-23-13-15-6-8-18(27-2)9-7-15/h3-13H,1-2H3,(H,25,26)/b23-13+. The molecule has 0 atom stereocenters. The number of hydrogen-bond donors (Lipinski definition) is 1. The van der Waals surface area contributed by atoms with Crippen molar-refractivity contribution in [3.63, 3.8) is 0 Å². The Morgan fingerprint density at radius 3 is 2.59 bits per heavy atom. The molecule has 2 aromatic carbocycles. The van der Waals surface area contributed by atoms with Crippen molar-refractivity contribution in [2.75, 3.05) is 7.11 Å². The average Bonchev–Trinajstić information content (AvgIpc) is 2.68. The Hall–Kier alpha value is -3.18. The van der Waals surface area contributed by atoms with Crippen LogP contribution in [0.15, 0.2) is 65.8 Å². The van der Waals surface area contributed by atoms with Crippen LogP contribution in [-0.2, 0) is 0 Å². The number of hydrogen-bond acceptors (Lipinski definition) is 4. The summed E-state index contributed by atoms with van der Waals surface area (Å²) in [7, 11) is 1.61. The molecular weight excluding hydrogens is 362 g/mol. The molecule has 5 nitrogen and oxygen atoms in total. The third kappa shape index (κ3) is 4.71. The Kier molecular flexibility index (Phi) is 5.84. The van der Waals surface area contributed by atoms with E-state index in [1.165, 1.54) is 0 Å². The summed E-state index contributed by atoms with van der Waals surface area (Å²) in [5.74, 6) is 0.445. The minimum absolute atomic E-state index is 0.317. The van der Waals surface area contributed by atoms with E-state index >= 15 is 0 Å². The molecular formula is C21H18ClN3O2. The first kappa shape index (κ1) is 18.6. The number of nitrogens with one attached hydrogen (secondary N) is 1. The van der Waals surface area contributed by atoms with E-state index in [0.717, 1.165) is 22.6 Å². The van der Waals surface area contributed by atoms with E-state index in [2.05, 4.69) is 15.5 Å².